The number of anilines is 1. The van der Waals surface area contributed by atoms with Crippen molar-refractivity contribution in [1.29, 1.82) is 0 Å². The van der Waals surface area contributed by atoms with Gasteiger partial charge >= 0.3 is 0 Å². The quantitative estimate of drug-likeness (QED) is 0.768. The van der Waals surface area contributed by atoms with Crippen molar-refractivity contribution in [1.82, 2.24) is 4.98 Å². The second kappa shape index (κ2) is 5.75. The summed E-state index contributed by atoms with van der Waals surface area (Å²) < 4.78 is 13.7. The molecule has 0 spiro atoms. The molecule has 0 saturated carbocycles. The fourth-order valence-corrected chi connectivity index (χ4v) is 3.32. The number of aryl methyl sites for hydroxylation is 1. The Hall–Kier alpha value is -2.05. The lowest BCUT2D eigenvalue weighted by atomic mass is 10.2. The number of rotatable bonds is 3. The molecule has 1 amide bonds. The summed E-state index contributed by atoms with van der Waals surface area (Å²) in [5.74, 6) is -0.855. The minimum Gasteiger partial charge on any atom is -0.318 e. The molecule has 2 heterocycles. The average molecular weight is 318 g/mol. The minimum atomic E-state index is -0.448. The van der Waals surface area contributed by atoms with Crippen LogP contribution in [-0.4, -0.2) is 10.9 Å². The van der Waals surface area contributed by atoms with Crippen LogP contribution in [0.25, 0.3) is 10.6 Å². The second-order valence-corrected chi connectivity index (χ2v) is 6.13. The van der Waals surface area contributed by atoms with E-state index in [4.69, 9.17) is 0 Å². The van der Waals surface area contributed by atoms with Gasteiger partial charge in [-0.15, -0.1) is 11.3 Å². The van der Waals surface area contributed by atoms with Crippen LogP contribution in [-0.2, 0) is 0 Å². The zero-order valence-electron chi connectivity index (χ0n) is 11.1. The van der Waals surface area contributed by atoms with E-state index in [-0.39, 0.29) is 5.69 Å². The number of aromatic nitrogens is 1. The first-order valence-corrected chi connectivity index (χ1v) is 8.01. The molecule has 0 atom stereocenters. The Morgan fingerprint density at radius 1 is 1.29 bits per heavy atom. The number of carbonyl (C=O) groups is 1. The van der Waals surface area contributed by atoms with Crippen LogP contribution in [0.5, 0.6) is 0 Å². The van der Waals surface area contributed by atoms with Gasteiger partial charge in [-0.2, -0.15) is 11.3 Å². The van der Waals surface area contributed by atoms with E-state index in [1.165, 1.54) is 17.4 Å². The van der Waals surface area contributed by atoms with Crippen molar-refractivity contribution >= 4 is 34.3 Å². The van der Waals surface area contributed by atoms with Gasteiger partial charge in [0, 0.05) is 16.3 Å². The summed E-state index contributed by atoms with van der Waals surface area (Å²) in [6.07, 6.45) is 0. The van der Waals surface area contributed by atoms with Crippen molar-refractivity contribution in [3.05, 3.63) is 57.5 Å². The third-order valence-electron chi connectivity index (χ3n) is 2.88. The molecule has 0 fully saturated rings. The Bertz CT molecular complexity index is 781. The molecule has 21 heavy (non-hydrogen) atoms. The first kappa shape index (κ1) is 13.9. The molecule has 3 aromatic rings. The number of carbonyl (C=O) groups excluding carboxylic acids is 1. The summed E-state index contributed by atoms with van der Waals surface area (Å²) in [7, 11) is 0. The van der Waals surface area contributed by atoms with E-state index in [1.54, 1.807) is 35.8 Å². The molecule has 0 bridgehead atoms. The van der Waals surface area contributed by atoms with Gasteiger partial charge < -0.3 is 5.32 Å². The highest BCUT2D eigenvalue weighted by Crippen LogP contribution is 2.26. The average Bonchev–Trinajstić information content (AvgIpc) is 3.10. The van der Waals surface area contributed by atoms with Crippen LogP contribution in [0.3, 0.4) is 0 Å². The second-order valence-electron chi connectivity index (χ2n) is 4.49. The largest absolute Gasteiger partial charge is 0.318 e. The molecular formula is C15H11FN2OS2. The van der Waals surface area contributed by atoms with Crippen LogP contribution in [0.15, 0.2) is 40.4 Å². The van der Waals surface area contributed by atoms with Crippen molar-refractivity contribution in [2.24, 2.45) is 0 Å². The highest BCUT2D eigenvalue weighted by molar-refractivity contribution is 7.14. The molecular weight excluding hydrogens is 307 g/mol. The SMILES string of the molecule is Cc1ccc(NC(=O)c2csc(-c3ccsc3)n2)c(F)c1. The number of benzene rings is 1. The summed E-state index contributed by atoms with van der Waals surface area (Å²) in [6, 6.07) is 6.63. The summed E-state index contributed by atoms with van der Waals surface area (Å²) in [4.78, 5) is 16.4. The molecule has 0 aliphatic rings. The van der Waals surface area contributed by atoms with E-state index in [1.807, 2.05) is 16.8 Å². The highest BCUT2D eigenvalue weighted by Gasteiger charge is 2.14. The highest BCUT2D eigenvalue weighted by atomic mass is 32.1. The maximum absolute atomic E-state index is 13.7. The van der Waals surface area contributed by atoms with E-state index in [2.05, 4.69) is 10.3 Å². The van der Waals surface area contributed by atoms with E-state index >= 15 is 0 Å². The van der Waals surface area contributed by atoms with Crippen LogP contribution in [0.2, 0.25) is 0 Å². The predicted molar refractivity (Wildman–Crippen MR) is 84.5 cm³/mol. The van der Waals surface area contributed by atoms with E-state index in [0.717, 1.165) is 16.1 Å². The lowest BCUT2D eigenvalue weighted by molar-refractivity contribution is 0.102. The predicted octanol–water partition coefficient (Wildman–Crippen LogP) is 4.57. The molecule has 1 N–H and O–H groups in total. The van der Waals surface area contributed by atoms with Crippen LogP contribution in [0, 0.1) is 12.7 Å². The topological polar surface area (TPSA) is 42.0 Å². The van der Waals surface area contributed by atoms with Crippen LogP contribution in [0.4, 0.5) is 10.1 Å². The van der Waals surface area contributed by atoms with Crippen LogP contribution >= 0.6 is 22.7 Å². The van der Waals surface area contributed by atoms with Crippen molar-refractivity contribution in [3.8, 4) is 10.6 Å². The van der Waals surface area contributed by atoms with Gasteiger partial charge in [-0.3, -0.25) is 4.79 Å². The van der Waals surface area contributed by atoms with E-state index in [9.17, 15) is 9.18 Å². The number of hydrogen-bond acceptors (Lipinski definition) is 4. The monoisotopic (exact) mass is 318 g/mol. The number of nitrogens with zero attached hydrogens (tertiary/aromatic N) is 1. The summed E-state index contributed by atoms with van der Waals surface area (Å²) in [5.41, 5.74) is 2.25. The number of nitrogens with one attached hydrogen (secondary N) is 1. The Balaban J connectivity index is 1.79. The molecule has 0 aliphatic carbocycles. The number of amides is 1. The smallest absolute Gasteiger partial charge is 0.275 e. The molecule has 0 unspecified atom stereocenters. The van der Waals surface area contributed by atoms with Gasteiger partial charge in [0.15, 0.2) is 0 Å². The molecule has 3 nitrogen and oxygen atoms in total. The van der Waals surface area contributed by atoms with Crippen LogP contribution < -0.4 is 5.32 Å². The Kier molecular flexibility index (Phi) is 3.81. The molecule has 1 aromatic carbocycles. The molecule has 6 heteroatoms. The number of halogens is 1. The lowest BCUT2D eigenvalue weighted by Crippen LogP contribution is -2.13. The molecule has 0 saturated heterocycles. The first-order valence-electron chi connectivity index (χ1n) is 6.19. The molecule has 0 radical (unpaired) electrons. The maximum Gasteiger partial charge on any atom is 0.275 e. The number of thiophene rings is 1. The van der Waals surface area contributed by atoms with Gasteiger partial charge in [-0.25, -0.2) is 9.37 Å². The third kappa shape index (κ3) is 3.01. The van der Waals surface area contributed by atoms with Crippen molar-refractivity contribution < 1.29 is 9.18 Å². The Morgan fingerprint density at radius 2 is 2.14 bits per heavy atom. The van der Waals surface area contributed by atoms with Crippen LogP contribution in [0.1, 0.15) is 16.1 Å². The molecule has 106 valence electrons. The maximum atomic E-state index is 13.7. The van der Waals surface area contributed by atoms with Crippen molar-refractivity contribution in [2.45, 2.75) is 6.92 Å². The van der Waals surface area contributed by atoms with Gasteiger partial charge in [-0.05, 0) is 36.1 Å². The van der Waals surface area contributed by atoms with Gasteiger partial charge in [-0.1, -0.05) is 6.07 Å². The first-order chi connectivity index (χ1) is 10.1. The van der Waals surface area contributed by atoms with Gasteiger partial charge in [0.1, 0.15) is 16.5 Å². The third-order valence-corrected chi connectivity index (χ3v) is 4.45. The Labute approximate surface area is 129 Å². The van der Waals surface area contributed by atoms with Gasteiger partial charge in [0.25, 0.3) is 5.91 Å². The van der Waals surface area contributed by atoms with E-state index in [0.29, 0.717) is 5.69 Å². The normalized spacial score (nSPS) is 10.6. The molecule has 0 aliphatic heterocycles. The summed E-state index contributed by atoms with van der Waals surface area (Å²) in [5, 5.41) is 8.93. The van der Waals surface area contributed by atoms with Gasteiger partial charge in [0.2, 0.25) is 0 Å². The Morgan fingerprint density at radius 3 is 2.86 bits per heavy atom. The van der Waals surface area contributed by atoms with Crippen molar-refractivity contribution in [2.75, 3.05) is 5.32 Å². The fraction of sp³-hybridized carbons (Fsp3) is 0.0667. The summed E-state index contributed by atoms with van der Waals surface area (Å²) >= 11 is 2.97. The lowest BCUT2D eigenvalue weighted by Gasteiger charge is -2.05. The van der Waals surface area contributed by atoms with Gasteiger partial charge in [0.05, 0.1) is 5.69 Å². The standard InChI is InChI=1S/C15H11FN2OS2/c1-9-2-3-12(11(16)6-9)17-14(19)13-8-21-15(18-13)10-4-5-20-7-10/h2-8H,1H3,(H,17,19). The molecule has 3 rings (SSSR count). The van der Waals surface area contributed by atoms with Crippen molar-refractivity contribution in [3.63, 3.8) is 0 Å². The fourth-order valence-electron chi connectivity index (χ4n) is 1.80. The molecule has 2 aromatic heterocycles. The zero-order chi connectivity index (χ0) is 14.8. The number of thiazole rings is 1. The number of hydrogen-bond donors (Lipinski definition) is 1. The van der Waals surface area contributed by atoms with E-state index < -0.39 is 11.7 Å². The summed E-state index contributed by atoms with van der Waals surface area (Å²) in [6.45, 7) is 1.79. The zero-order valence-corrected chi connectivity index (χ0v) is 12.7. The minimum absolute atomic E-state index is 0.163.